The van der Waals surface area contributed by atoms with E-state index < -0.39 is 5.41 Å². The molecule has 0 bridgehead atoms. The Hall–Kier alpha value is -0.460. The van der Waals surface area contributed by atoms with E-state index in [2.05, 4.69) is 15.9 Å². The maximum absolute atomic E-state index is 12.7. The lowest BCUT2D eigenvalue weighted by molar-refractivity contribution is -0.137. The van der Waals surface area contributed by atoms with E-state index in [-0.39, 0.29) is 5.91 Å². The van der Waals surface area contributed by atoms with E-state index in [0.29, 0.717) is 11.5 Å². The fraction of sp³-hybridized carbons (Fsp3) is 0.538. The molecule has 1 fully saturated rings. The summed E-state index contributed by atoms with van der Waals surface area (Å²) in [6, 6.07) is 2.04. The van der Waals surface area contributed by atoms with Crippen LogP contribution in [0.15, 0.2) is 15.9 Å². The second kappa shape index (κ2) is 5.89. The molecule has 0 unspecified atom stereocenters. The van der Waals surface area contributed by atoms with Crippen LogP contribution in [0.4, 0.5) is 0 Å². The van der Waals surface area contributed by atoms with Gasteiger partial charge in [0.05, 0.1) is 16.9 Å². The SMILES string of the molecule is CN(Cc1cc(Br)cs1)C(=O)C1(C(N)=S)CCCC1. The van der Waals surface area contributed by atoms with Crippen LogP contribution in [-0.2, 0) is 11.3 Å². The van der Waals surface area contributed by atoms with Gasteiger partial charge in [-0.15, -0.1) is 11.3 Å². The molecule has 0 aromatic carbocycles. The monoisotopic (exact) mass is 360 g/mol. The van der Waals surface area contributed by atoms with Crippen molar-refractivity contribution in [2.75, 3.05) is 7.05 Å². The van der Waals surface area contributed by atoms with Gasteiger partial charge in [0, 0.05) is 21.8 Å². The predicted octanol–water partition coefficient (Wildman–Crippen LogP) is 3.32. The van der Waals surface area contributed by atoms with Crippen molar-refractivity contribution in [1.82, 2.24) is 4.90 Å². The highest BCUT2D eigenvalue weighted by atomic mass is 79.9. The highest BCUT2D eigenvalue weighted by molar-refractivity contribution is 9.10. The number of hydrogen-bond acceptors (Lipinski definition) is 3. The number of rotatable bonds is 4. The van der Waals surface area contributed by atoms with Crippen molar-refractivity contribution in [3.63, 3.8) is 0 Å². The quantitative estimate of drug-likeness (QED) is 0.837. The van der Waals surface area contributed by atoms with Crippen molar-refractivity contribution in [2.24, 2.45) is 11.1 Å². The lowest BCUT2D eigenvalue weighted by Crippen LogP contribution is -2.47. The van der Waals surface area contributed by atoms with E-state index in [4.69, 9.17) is 18.0 Å². The first-order chi connectivity index (χ1) is 8.95. The second-order valence-electron chi connectivity index (χ2n) is 5.05. The zero-order valence-electron chi connectivity index (χ0n) is 10.8. The second-order valence-corrected chi connectivity index (χ2v) is 7.40. The van der Waals surface area contributed by atoms with Crippen LogP contribution in [0.2, 0.25) is 0 Å². The summed E-state index contributed by atoms with van der Waals surface area (Å²) >= 11 is 10.2. The van der Waals surface area contributed by atoms with Gasteiger partial charge in [-0.05, 0) is 34.8 Å². The van der Waals surface area contributed by atoms with Crippen LogP contribution in [0.1, 0.15) is 30.6 Å². The molecule has 0 atom stereocenters. The third-order valence-corrected chi connectivity index (χ3v) is 5.77. The minimum absolute atomic E-state index is 0.0713. The lowest BCUT2D eigenvalue weighted by Gasteiger charge is -2.31. The van der Waals surface area contributed by atoms with E-state index in [0.717, 1.165) is 35.0 Å². The lowest BCUT2D eigenvalue weighted by atomic mass is 9.84. The summed E-state index contributed by atoms with van der Waals surface area (Å²) < 4.78 is 1.05. The largest absolute Gasteiger partial charge is 0.392 e. The Bertz CT molecular complexity index is 495. The molecular formula is C13H17BrN2OS2. The first kappa shape index (κ1) is 14.9. The maximum Gasteiger partial charge on any atom is 0.235 e. The number of thiophene rings is 1. The zero-order chi connectivity index (χ0) is 14.0. The summed E-state index contributed by atoms with van der Waals surface area (Å²) in [5.74, 6) is 0.0713. The third-order valence-electron chi connectivity index (χ3n) is 3.70. The van der Waals surface area contributed by atoms with E-state index in [1.54, 1.807) is 16.2 Å². The van der Waals surface area contributed by atoms with Gasteiger partial charge in [-0.1, -0.05) is 25.1 Å². The minimum Gasteiger partial charge on any atom is -0.392 e. The topological polar surface area (TPSA) is 46.3 Å². The van der Waals surface area contributed by atoms with Crippen molar-refractivity contribution in [3.8, 4) is 0 Å². The minimum atomic E-state index is -0.599. The van der Waals surface area contributed by atoms with Crippen LogP contribution in [0.25, 0.3) is 0 Å². The van der Waals surface area contributed by atoms with Crippen LogP contribution in [-0.4, -0.2) is 22.8 Å². The van der Waals surface area contributed by atoms with E-state index in [1.807, 2.05) is 18.5 Å². The van der Waals surface area contributed by atoms with Gasteiger partial charge in [0.25, 0.3) is 0 Å². The normalized spacial score (nSPS) is 17.4. The molecule has 3 nitrogen and oxygen atoms in total. The van der Waals surface area contributed by atoms with Crippen molar-refractivity contribution >= 4 is 50.4 Å². The molecule has 104 valence electrons. The molecule has 1 aromatic rings. The molecule has 1 amide bonds. The molecule has 19 heavy (non-hydrogen) atoms. The fourth-order valence-electron chi connectivity index (χ4n) is 2.65. The molecular weight excluding hydrogens is 344 g/mol. The average molecular weight is 361 g/mol. The fourth-order valence-corrected chi connectivity index (χ4v) is 4.45. The third kappa shape index (κ3) is 3.01. The molecule has 0 aliphatic heterocycles. The predicted molar refractivity (Wildman–Crippen MR) is 86.2 cm³/mol. The average Bonchev–Trinajstić information content (AvgIpc) is 2.98. The Balaban J connectivity index is 2.11. The molecule has 0 saturated heterocycles. The number of nitrogens with zero attached hydrogens (tertiary/aromatic N) is 1. The number of amides is 1. The summed E-state index contributed by atoms with van der Waals surface area (Å²) in [6.07, 6.45) is 3.64. The molecule has 1 aromatic heterocycles. The summed E-state index contributed by atoms with van der Waals surface area (Å²) in [5, 5.41) is 2.02. The first-order valence-electron chi connectivity index (χ1n) is 6.24. The van der Waals surface area contributed by atoms with E-state index in [9.17, 15) is 4.79 Å². The zero-order valence-corrected chi connectivity index (χ0v) is 14.0. The maximum atomic E-state index is 12.7. The Morgan fingerprint density at radius 1 is 1.58 bits per heavy atom. The smallest absolute Gasteiger partial charge is 0.235 e. The molecule has 0 radical (unpaired) electrons. The molecule has 0 spiro atoms. The van der Waals surface area contributed by atoms with Crippen LogP contribution in [0.3, 0.4) is 0 Å². The van der Waals surface area contributed by atoms with Gasteiger partial charge < -0.3 is 10.6 Å². The van der Waals surface area contributed by atoms with Gasteiger partial charge in [0.15, 0.2) is 0 Å². The number of halogens is 1. The van der Waals surface area contributed by atoms with E-state index >= 15 is 0 Å². The Morgan fingerprint density at radius 3 is 2.68 bits per heavy atom. The number of carbonyl (C=O) groups excluding carboxylic acids is 1. The summed E-state index contributed by atoms with van der Waals surface area (Å²) in [4.78, 5) is 15.9. The van der Waals surface area contributed by atoms with Gasteiger partial charge in [-0.2, -0.15) is 0 Å². The van der Waals surface area contributed by atoms with Crippen LogP contribution in [0.5, 0.6) is 0 Å². The van der Waals surface area contributed by atoms with Gasteiger partial charge >= 0.3 is 0 Å². The van der Waals surface area contributed by atoms with Gasteiger partial charge in [0.1, 0.15) is 0 Å². The van der Waals surface area contributed by atoms with E-state index in [1.165, 1.54) is 0 Å². The highest BCUT2D eigenvalue weighted by Gasteiger charge is 2.45. The molecule has 2 N–H and O–H groups in total. The molecule has 1 heterocycles. The van der Waals surface area contributed by atoms with Gasteiger partial charge in [-0.25, -0.2) is 0 Å². The van der Waals surface area contributed by atoms with Gasteiger partial charge in [0.2, 0.25) is 5.91 Å². The molecule has 1 aliphatic carbocycles. The van der Waals surface area contributed by atoms with Crippen LogP contribution in [0, 0.1) is 5.41 Å². The summed E-state index contributed by atoms with van der Waals surface area (Å²) in [6.45, 7) is 0.611. The highest BCUT2D eigenvalue weighted by Crippen LogP contribution is 2.40. The molecule has 1 aliphatic rings. The molecule has 6 heteroatoms. The van der Waals surface area contributed by atoms with Crippen molar-refractivity contribution in [1.29, 1.82) is 0 Å². The molecule has 1 saturated carbocycles. The Kier molecular flexibility index (Phi) is 4.63. The number of hydrogen-bond donors (Lipinski definition) is 1. The number of nitrogens with two attached hydrogens (primary N) is 1. The number of thiocarbonyl (C=S) groups is 1. The number of carbonyl (C=O) groups is 1. The van der Waals surface area contributed by atoms with Crippen molar-refractivity contribution in [3.05, 3.63) is 20.8 Å². The Labute approximate surface area is 131 Å². The van der Waals surface area contributed by atoms with Crippen molar-refractivity contribution < 1.29 is 4.79 Å². The summed E-state index contributed by atoms with van der Waals surface area (Å²) in [7, 11) is 1.83. The van der Waals surface area contributed by atoms with Crippen LogP contribution < -0.4 is 5.73 Å². The standard InChI is InChI=1S/C13H17BrN2OS2/c1-16(7-10-6-9(14)8-19-10)12(17)13(11(15)18)4-2-3-5-13/h6,8H,2-5,7H2,1H3,(H2,15,18). The van der Waals surface area contributed by atoms with Gasteiger partial charge in [-0.3, -0.25) is 4.79 Å². The van der Waals surface area contributed by atoms with Crippen molar-refractivity contribution in [2.45, 2.75) is 32.2 Å². The molecule has 2 rings (SSSR count). The Morgan fingerprint density at radius 2 is 2.21 bits per heavy atom. The van der Waals surface area contributed by atoms with Crippen LogP contribution >= 0.6 is 39.5 Å². The summed E-state index contributed by atoms with van der Waals surface area (Å²) in [5.41, 5.74) is 5.25. The first-order valence-corrected chi connectivity index (χ1v) is 8.32.